The maximum atomic E-state index is 2.70. The van der Waals surface area contributed by atoms with E-state index in [-0.39, 0.29) is 0 Å². The summed E-state index contributed by atoms with van der Waals surface area (Å²) in [5.41, 5.74) is 11.3. The fraction of sp³-hybridized carbons (Fsp3) is 0.714. The molecule has 0 unspecified atom stereocenters. The van der Waals surface area contributed by atoms with Gasteiger partial charge in [-0.1, -0.05) is 105 Å². The summed E-state index contributed by atoms with van der Waals surface area (Å²) in [5, 5.41) is 5.41. The van der Waals surface area contributed by atoms with Gasteiger partial charge in [0.25, 0.3) is 0 Å². The third-order valence-electron chi connectivity index (χ3n) is 14.1. The van der Waals surface area contributed by atoms with E-state index in [1.165, 1.54) is 102 Å². The Bertz CT molecular complexity index is 1220. The molecule has 0 saturated heterocycles. The summed E-state index contributed by atoms with van der Waals surface area (Å²) in [7, 11) is 0. The van der Waals surface area contributed by atoms with Gasteiger partial charge in [0.2, 0.25) is 0 Å². The van der Waals surface area contributed by atoms with Crippen LogP contribution in [-0.4, -0.2) is 26.2 Å². The smallest absolute Gasteiger partial charge is 0.125 e. The molecule has 0 spiro atoms. The van der Waals surface area contributed by atoms with Gasteiger partial charge in [-0.25, -0.2) is 0 Å². The first-order valence-corrected chi connectivity index (χ1v) is 18.8. The lowest BCUT2D eigenvalue weighted by molar-refractivity contribution is -0.734. The van der Waals surface area contributed by atoms with Gasteiger partial charge in [-0.05, 0) is 119 Å². The van der Waals surface area contributed by atoms with E-state index in [4.69, 9.17) is 0 Å². The van der Waals surface area contributed by atoms with E-state index in [0.29, 0.717) is 33.5 Å². The quantitative estimate of drug-likeness (QED) is 0.277. The van der Waals surface area contributed by atoms with Crippen LogP contribution in [0.2, 0.25) is 0 Å². The summed E-state index contributed by atoms with van der Waals surface area (Å²) in [4.78, 5) is 0. The van der Waals surface area contributed by atoms with Crippen molar-refractivity contribution in [2.75, 3.05) is 26.2 Å². The lowest BCUT2D eigenvalue weighted by atomic mass is 9.49. The van der Waals surface area contributed by atoms with Crippen molar-refractivity contribution in [2.45, 2.75) is 142 Å². The minimum absolute atomic E-state index is 0.354. The molecule has 2 fully saturated rings. The zero-order valence-electron chi connectivity index (χ0n) is 29.8. The average Bonchev–Trinajstić information content (AvgIpc) is 2.98. The van der Waals surface area contributed by atoms with Crippen LogP contribution in [0, 0.1) is 22.7 Å². The van der Waals surface area contributed by atoms with Crippen molar-refractivity contribution in [3.8, 4) is 0 Å². The van der Waals surface area contributed by atoms with E-state index < -0.39 is 0 Å². The van der Waals surface area contributed by atoms with Gasteiger partial charge in [-0.3, -0.25) is 0 Å². The van der Waals surface area contributed by atoms with Crippen molar-refractivity contribution < 1.29 is 10.6 Å². The maximum Gasteiger partial charge on any atom is 0.125 e. The zero-order valence-corrected chi connectivity index (χ0v) is 29.8. The highest BCUT2D eigenvalue weighted by Crippen LogP contribution is 2.58. The predicted octanol–water partition coefficient (Wildman–Crippen LogP) is 7.78. The third kappa shape index (κ3) is 5.63. The first-order valence-electron chi connectivity index (χ1n) is 18.8. The normalized spacial score (nSPS) is 34.8. The van der Waals surface area contributed by atoms with Gasteiger partial charge >= 0.3 is 0 Å². The molecule has 2 heteroatoms. The van der Waals surface area contributed by atoms with Crippen molar-refractivity contribution in [3.05, 3.63) is 69.8 Å². The van der Waals surface area contributed by atoms with Gasteiger partial charge in [-0.2, -0.15) is 0 Å². The Labute approximate surface area is 271 Å². The number of benzene rings is 2. The van der Waals surface area contributed by atoms with Crippen LogP contribution in [0.1, 0.15) is 152 Å². The van der Waals surface area contributed by atoms with E-state index in [2.05, 4.69) is 102 Å². The molecule has 0 amide bonds. The van der Waals surface area contributed by atoms with Crippen LogP contribution in [0.3, 0.4) is 0 Å². The van der Waals surface area contributed by atoms with Gasteiger partial charge in [-0.15, -0.1) is 0 Å². The van der Waals surface area contributed by atoms with E-state index in [1.54, 1.807) is 22.3 Å². The van der Waals surface area contributed by atoms with Crippen LogP contribution in [0.4, 0.5) is 0 Å². The van der Waals surface area contributed by atoms with Crippen LogP contribution in [0.5, 0.6) is 0 Å². The molecular formula is C42H66N2+2. The lowest BCUT2D eigenvalue weighted by Crippen LogP contribution is -2.97. The lowest BCUT2D eigenvalue weighted by Gasteiger charge is -2.55. The van der Waals surface area contributed by atoms with Crippen LogP contribution in [0.15, 0.2) is 36.4 Å². The summed E-state index contributed by atoms with van der Waals surface area (Å²) in [5.74, 6) is 2.87. The number of rotatable bonds is 9. The van der Waals surface area contributed by atoms with Crippen LogP contribution in [-0.2, 0) is 23.7 Å². The molecular weight excluding hydrogens is 532 g/mol. The molecule has 44 heavy (non-hydrogen) atoms. The molecule has 2 saturated carbocycles. The van der Waals surface area contributed by atoms with Gasteiger partial charge in [0.15, 0.2) is 0 Å². The van der Waals surface area contributed by atoms with Gasteiger partial charge in [0, 0.05) is 10.8 Å². The highest BCUT2D eigenvalue weighted by Gasteiger charge is 2.54. The molecule has 242 valence electrons. The molecule has 4 aliphatic carbocycles. The van der Waals surface area contributed by atoms with Gasteiger partial charge in [0.1, 0.15) is 13.1 Å². The maximum absolute atomic E-state index is 2.70. The second kappa shape index (κ2) is 12.2. The average molecular weight is 599 g/mol. The van der Waals surface area contributed by atoms with Crippen molar-refractivity contribution in [3.63, 3.8) is 0 Å². The third-order valence-corrected chi connectivity index (χ3v) is 14.1. The monoisotopic (exact) mass is 599 g/mol. The SMILES string of the molecule is CC(C)c1ccc2c(c1)CC[C@H]1[C@](C)(C[NH2+]CC[NH2+]C[C@]3(C)CCC[C@]4(C)c5ccc(C(C)C)cc5CC[C@@H]34)CCC[C@]21C. The Morgan fingerprint density at radius 2 is 1.02 bits per heavy atom. The Morgan fingerprint density at radius 1 is 0.614 bits per heavy atom. The summed E-state index contributed by atoms with van der Waals surface area (Å²) in [6.07, 6.45) is 13.6. The summed E-state index contributed by atoms with van der Waals surface area (Å²) in [6, 6.07) is 15.1. The standard InChI is InChI=1S/C42H64N2/c1-29(2)31-11-15-35-33(25-31)13-17-37-39(5,19-9-21-41(35,37)7)27-43-23-24-44-28-40(6)20-10-22-42(8)36-16-12-32(30(3)4)26-34(36)14-18-38(40)42/h11-12,15-16,25-26,29-30,37-38,43-44H,9-10,13-14,17-24,27-28H2,1-8H3/p+2/t37-,38-,39-,40-,41+,42+/m0/s1. The summed E-state index contributed by atoms with van der Waals surface area (Å²) in [6.45, 7) is 25.0. The minimum atomic E-state index is 0.354. The van der Waals surface area contributed by atoms with Gasteiger partial charge in [0.05, 0.1) is 13.1 Å². The van der Waals surface area contributed by atoms with Crippen molar-refractivity contribution in [2.24, 2.45) is 22.7 Å². The first-order chi connectivity index (χ1) is 20.9. The Morgan fingerprint density at radius 3 is 1.41 bits per heavy atom. The van der Waals surface area contributed by atoms with Crippen molar-refractivity contribution >= 4 is 0 Å². The van der Waals surface area contributed by atoms with Crippen molar-refractivity contribution in [1.82, 2.24) is 0 Å². The van der Waals surface area contributed by atoms with E-state index in [1.807, 2.05) is 0 Å². The fourth-order valence-electron chi connectivity index (χ4n) is 11.6. The number of aryl methyl sites for hydroxylation is 2. The molecule has 0 radical (unpaired) electrons. The number of hydrogen-bond donors (Lipinski definition) is 2. The van der Waals surface area contributed by atoms with E-state index >= 15 is 0 Å². The second-order valence-corrected chi connectivity index (χ2v) is 17.7. The Balaban J connectivity index is 1.04. The molecule has 0 heterocycles. The van der Waals surface area contributed by atoms with E-state index in [9.17, 15) is 0 Å². The largest absolute Gasteiger partial charge is 0.341 e. The van der Waals surface area contributed by atoms with Crippen LogP contribution in [0.25, 0.3) is 0 Å². The summed E-state index contributed by atoms with van der Waals surface area (Å²) < 4.78 is 0. The molecule has 6 atom stereocenters. The van der Waals surface area contributed by atoms with Crippen LogP contribution >= 0.6 is 0 Å². The highest BCUT2D eigenvalue weighted by molar-refractivity contribution is 5.43. The number of quaternary nitrogens is 2. The molecule has 0 aliphatic heterocycles. The second-order valence-electron chi connectivity index (χ2n) is 17.7. The first kappa shape index (κ1) is 32.3. The minimum Gasteiger partial charge on any atom is -0.341 e. The molecule has 2 nitrogen and oxygen atoms in total. The van der Waals surface area contributed by atoms with E-state index in [0.717, 1.165) is 11.8 Å². The Kier molecular flexibility index (Phi) is 8.95. The van der Waals surface area contributed by atoms with Crippen molar-refractivity contribution in [1.29, 1.82) is 0 Å². The van der Waals surface area contributed by atoms with Crippen LogP contribution < -0.4 is 10.6 Å². The summed E-state index contributed by atoms with van der Waals surface area (Å²) >= 11 is 0. The molecule has 0 bridgehead atoms. The molecule has 0 aromatic heterocycles. The number of nitrogens with two attached hydrogens (primary N) is 2. The molecule has 4 aliphatic rings. The molecule has 2 aromatic carbocycles. The number of hydrogen-bond acceptors (Lipinski definition) is 0. The topological polar surface area (TPSA) is 33.2 Å². The molecule has 4 N–H and O–H groups in total. The fourth-order valence-corrected chi connectivity index (χ4v) is 11.6. The molecule has 6 rings (SSSR count). The van der Waals surface area contributed by atoms with Gasteiger partial charge < -0.3 is 10.6 Å². The predicted molar refractivity (Wildman–Crippen MR) is 187 cm³/mol. The Hall–Kier alpha value is -1.64. The highest BCUT2D eigenvalue weighted by atomic mass is 15.0. The zero-order chi connectivity index (χ0) is 31.3. The number of fused-ring (bicyclic) bond motifs is 6. The molecule has 2 aromatic rings.